The minimum absolute atomic E-state index is 0.00665. The topological polar surface area (TPSA) is 51.2 Å². The zero-order valence-electron chi connectivity index (χ0n) is 14.2. The van der Waals surface area contributed by atoms with Crippen LogP contribution in [-0.4, -0.2) is 18.0 Å². The molecule has 124 valence electrons. The maximum atomic E-state index is 12.6. The lowest BCUT2D eigenvalue weighted by Gasteiger charge is -2.21. The second-order valence-corrected chi connectivity index (χ2v) is 7.54. The van der Waals surface area contributed by atoms with Gasteiger partial charge in [-0.1, -0.05) is 26.8 Å². The highest BCUT2D eigenvalue weighted by Gasteiger charge is 2.17. The van der Waals surface area contributed by atoms with Crippen molar-refractivity contribution < 1.29 is 9.53 Å². The van der Waals surface area contributed by atoms with E-state index in [-0.39, 0.29) is 11.3 Å². The van der Waals surface area contributed by atoms with Crippen LogP contribution < -0.4 is 10.1 Å². The molecule has 0 bridgehead atoms. The number of carbonyl (C=O) groups excluding carboxylic acids is 1. The molecule has 4 nitrogen and oxygen atoms in total. The van der Waals surface area contributed by atoms with E-state index in [0.29, 0.717) is 17.0 Å². The van der Waals surface area contributed by atoms with Gasteiger partial charge in [-0.05, 0) is 41.3 Å². The van der Waals surface area contributed by atoms with Gasteiger partial charge in [-0.25, -0.2) is 4.98 Å². The summed E-state index contributed by atoms with van der Waals surface area (Å²) in [5, 5.41) is 2.97. The van der Waals surface area contributed by atoms with Crippen molar-refractivity contribution in [2.75, 3.05) is 12.4 Å². The molecule has 24 heavy (non-hydrogen) atoms. The summed E-state index contributed by atoms with van der Waals surface area (Å²) >= 11 is 1.52. The molecule has 2 aromatic carbocycles. The fourth-order valence-electron chi connectivity index (χ4n) is 2.46. The van der Waals surface area contributed by atoms with Crippen molar-refractivity contribution in [3.63, 3.8) is 0 Å². The lowest BCUT2D eigenvalue weighted by molar-refractivity contribution is 0.102. The van der Waals surface area contributed by atoms with E-state index in [2.05, 4.69) is 31.1 Å². The first-order valence-corrected chi connectivity index (χ1v) is 8.59. The Hall–Kier alpha value is -2.40. The number of rotatable bonds is 3. The average Bonchev–Trinajstić information content (AvgIpc) is 3.01. The van der Waals surface area contributed by atoms with Crippen molar-refractivity contribution in [3.8, 4) is 5.75 Å². The number of fused-ring (bicyclic) bond motifs is 1. The second kappa shape index (κ2) is 6.24. The molecule has 0 aliphatic carbocycles. The normalized spacial score (nSPS) is 11.5. The number of anilines is 1. The van der Waals surface area contributed by atoms with Crippen molar-refractivity contribution in [1.82, 2.24) is 4.98 Å². The number of ether oxygens (including phenoxy) is 1. The second-order valence-electron chi connectivity index (χ2n) is 6.65. The van der Waals surface area contributed by atoms with Crippen LogP contribution in [-0.2, 0) is 5.41 Å². The smallest absolute Gasteiger partial charge is 0.255 e. The Morgan fingerprint density at radius 1 is 1.17 bits per heavy atom. The highest BCUT2D eigenvalue weighted by molar-refractivity contribution is 7.16. The van der Waals surface area contributed by atoms with E-state index in [1.54, 1.807) is 18.7 Å². The summed E-state index contributed by atoms with van der Waals surface area (Å²) < 4.78 is 6.38. The van der Waals surface area contributed by atoms with Crippen LogP contribution in [0.4, 0.5) is 5.69 Å². The fraction of sp³-hybridized carbons (Fsp3) is 0.263. The first-order chi connectivity index (χ1) is 11.4. The number of carbonyl (C=O) groups is 1. The van der Waals surface area contributed by atoms with Gasteiger partial charge in [0.2, 0.25) is 0 Å². The Morgan fingerprint density at radius 2 is 1.96 bits per heavy atom. The third kappa shape index (κ3) is 3.26. The Balaban J connectivity index is 1.92. The molecule has 0 spiro atoms. The maximum absolute atomic E-state index is 12.6. The highest BCUT2D eigenvalue weighted by Crippen LogP contribution is 2.32. The average molecular weight is 340 g/mol. The van der Waals surface area contributed by atoms with E-state index in [0.717, 1.165) is 15.8 Å². The van der Waals surface area contributed by atoms with Gasteiger partial charge in [0.1, 0.15) is 5.75 Å². The molecule has 1 heterocycles. The van der Waals surface area contributed by atoms with Crippen LogP contribution in [0.3, 0.4) is 0 Å². The number of hydrogen-bond acceptors (Lipinski definition) is 4. The van der Waals surface area contributed by atoms with E-state index in [1.807, 2.05) is 30.3 Å². The van der Waals surface area contributed by atoms with Crippen molar-refractivity contribution in [1.29, 1.82) is 0 Å². The van der Waals surface area contributed by atoms with Crippen LogP contribution in [0.15, 0.2) is 41.9 Å². The van der Waals surface area contributed by atoms with Gasteiger partial charge in [-0.15, -0.1) is 11.3 Å². The third-order valence-corrected chi connectivity index (χ3v) is 4.70. The first kappa shape index (κ1) is 16.5. The van der Waals surface area contributed by atoms with E-state index < -0.39 is 0 Å². The number of hydrogen-bond donors (Lipinski definition) is 1. The van der Waals surface area contributed by atoms with Crippen LogP contribution in [0.1, 0.15) is 36.7 Å². The molecular weight excluding hydrogens is 320 g/mol. The largest absolute Gasteiger partial charge is 0.495 e. The van der Waals surface area contributed by atoms with Crippen LogP contribution in [0.25, 0.3) is 10.2 Å². The Morgan fingerprint density at radius 3 is 2.67 bits per heavy atom. The van der Waals surface area contributed by atoms with Gasteiger partial charge in [-0.2, -0.15) is 0 Å². The van der Waals surface area contributed by atoms with Crippen LogP contribution in [0, 0.1) is 0 Å². The number of nitrogens with zero attached hydrogens (tertiary/aromatic N) is 1. The van der Waals surface area contributed by atoms with Crippen molar-refractivity contribution >= 4 is 33.1 Å². The standard InChI is InChI=1S/C19H20N2O2S/c1-19(2,3)13-6-8-16(23-4)15(10-13)21-18(22)12-5-7-14-17(9-12)24-11-20-14/h5-11H,1-4H3,(H,21,22). The maximum Gasteiger partial charge on any atom is 0.255 e. The van der Waals surface area contributed by atoms with Gasteiger partial charge in [0.25, 0.3) is 5.91 Å². The molecule has 1 aromatic heterocycles. The molecule has 0 radical (unpaired) electrons. The number of aromatic nitrogens is 1. The summed E-state index contributed by atoms with van der Waals surface area (Å²) in [4.78, 5) is 16.9. The zero-order chi connectivity index (χ0) is 17.3. The third-order valence-electron chi connectivity index (χ3n) is 3.91. The van der Waals surface area contributed by atoms with Crippen LogP contribution in [0.2, 0.25) is 0 Å². The summed E-state index contributed by atoms with van der Waals surface area (Å²) in [6.45, 7) is 6.41. The molecule has 0 aliphatic heterocycles. The number of thiazole rings is 1. The SMILES string of the molecule is COc1ccc(C(C)(C)C)cc1NC(=O)c1ccc2ncsc2c1. The van der Waals surface area contributed by atoms with E-state index in [9.17, 15) is 4.79 Å². The summed E-state index contributed by atoms with van der Waals surface area (Å²) in [6.07, 6.45) is 0. The van der Waals surface area contributed by atoms with Crippen molar-refractivity contribution in [2.24, 2.45) is 0 Å². The number of benzene rings is 2. The predicted octanol–water partition coefficient (Wildman–Crippen LogP) is 4.85. The molecular formula is C19H20N2O2S. The number of amides is 1. The molecule has 0 saturated carbocycles. The van der Waals surface area contributed by atoms with E-state index in [4.69, 9.17) is 4.74 Å². The summed E-state index contributed by atoms with van der Waals surface area (Å²) in [7, 11) is 1.60. The van der Waals surface area contributed by atoms with Gasteiger partial charge < -0.3 is 10.1 Å². The minimum atomic E-state index is -0.158. The Kier molecular flexibility index (Phi) is 4.28. The fourth-order valence-corrected chi connectivity index (χ4v) is 3.18. The van der Waals surface area contributed by atoms with Gasteiger partial charge in [-0.3, -0.25) is 4.79 Å². The molecule has 1 N–H and O–H groups in total. The zero-order valence-corrected chi connectivity index (χ0v) is 15.0. The minimum Gasteiger partial charge on any atom is -0.495 e. The molecule has 0 atom stereocenters. The lowest BCUT2D eigenvalue weighted by Crippen LogP contribution is -2.15. The monoisotopic (exact) mass is 340 g/mol. The number of methoxy groups -OCH3 is 1. The molecule has 3 rings (SSSR count). The van der Waals surface area contributed by atoms with Crippen LogP contribution >= 0.6 is 11.3 Å². The van der Waals surface area contributed by atoms with E-state index >= 15 is 0 Å². The Bertz CT molecular complexity index is 894. The van der Waals surface area contributed by atoms with Gasteiger partial charge >= 0.3 is 0 Å². The molecule has 0 saturated heterocycles. The molecule has 3 aromatic rings. The molecule has 1 amide bonds. The molecule has 5 heteroatoms. The summed E-state index contributed by atoms with van der Waals surface area (Å²) in [6, 6.07) is 11.4. The lowest BCUT2D eigenvalue weighted by atomic mass is 9.87. The summed E-state index contributed by atoms with van der Waals surface area (Å²) in [5.41, 5.74) is 5.10. The molecule has 0 unspecified atom stereocenters. The van der Waals surface area contributed by atoms with Gasteiger partial charge in [0.15, 0.2) is 0 Å². The molecule has 0 aliphatic rings. The Labute approximate surface area is 145 Å². The first-order valence-electron chi connectivity index (χ1n) is 7.71. The quantitative estimate of drug-likeness (QED) is 0.741. The van der Waals surface area contributed by atoms with Gasteiger partial charge in [0.05, 0.1) is 28.5 Å². The van der Waals surface area contributed by atoms with Gasteiger partial charge in [0, 0.05) is 5.56 Å². The summed E-state index contributed by atoms with van der Waals surface area (Å²) in [5.74, 6) is 0.491. The van der Waals surface area contributed by atoms with Crippen LogP contribution in [0.5, 0.6) is 5.75 Å². The van der Waals surface area contributed by atoms with E-state index in [1.165, 1.54) is 11.3 Å². The van der Waals surface area contributed by atoms with Crippen molar-refractivity contribution in [2.45, 2.75) is 26.2 Å². The number of nitrogens with one attached hydrogen (secondary N) is 1. The molecule has 0 fully saturated rings. The van der Waals surface area contributed by atoms with Crippen molar-refractivity contribution in [3.05, 3.63) is 53.0 Å². The highest BCUT2D eigenvalue weighted by atomic mass is 32.1. The predicted molar refractivity (Wildman–Crippen MR) is 99.3 cm³/mol.